The average molecular weight is 312 g/mol. The Labute approximate surface area is 128 Å². The van der Waals surface area contributed by atoms with Gasteiger partial charge in [0.1, 0.15) is 12.2 Å². The molecule has 122 valence electrons. The number of ether oxygens (including phenoxy) is 2. The van der Waals surface area contributed by atoms with Crippen molar-refractivity contribution in [2.24, 2.45) is 0 Å². The molecule has 1 rings (SSSR count). The molecule has 0 amide bonds. The first kappa shape index (κ1) is 19.5. The van der Waals surface area contributed by atoms with Crippen LogP contribution in [0.25, 0.3) is 0 Å². The highest BCUT2D eigenvalue weighted by molar-refractivity contribution is 6.04. The van der Waals surface area contributed by atoms with Crippen molar-refractivity contribution in [3.05, 3.63) is 17.5 Å². The van der Waals surface area contributed by atoms with Crippen LogP contribution in [0.5, 0.6) is 0 Å². The van der Waals surface area contributed by atoms with Crippen LogP contribution < -0.4 is 0 Å². The van der Waals surface area contributed by atoms with E-state index in [0.29, 0.717) is 5.69 Å². The zero-order chi connectivity index (χ0) is 17.1. The maximum atomic E-state index is 10.7. The summed E-state index contributed by atoms with van der Waals surface area (Å²) in [4.78, 5) is 42.2. The lowest BCUT2D eigenvalue weighted by atomic mass is 10.2. The molecule has 0 fully saturated rings. The predicted octanol–water partition coefficient (Wildman–Crippen LogP) is 0.531. The van der Waals surface area contributed by atoms with Crippen LogP contribution in [0.3, 0.4) is 0 Å². The fourth-order valence-corrected chi connectivity index (χ4v) is 1.36. The Morgan fingerprint density at radius 3 is 2.09 bits per heavy atom. The third kappa shape index (κ3) is 9.40. The van der Waals surface area contributed by atoms with E-state index in [1.807, 2.05) is 13.0 Å². The van der Waals surface area contributed by atoms with E-state index in [-0.39, 0.29) is 31.0 Å². The summed E-state index contributed by atoms with van der Waals surface area (Å²) < 4.78 is 8.70. The fourth-order valence-electron chi connectivity index (χ4n) is 1.36. The van der Waals surface area contributed by atoms with Gasteiger partial charge in [-0.15, -0.1) is 0 Å². The molecule has 0 radical (unpaired) electrons. The van der Waals surface area contributed by atoms with E-state index in [4.69, 9.17) is 0 Å². The molecule has 22 heavy (non-hydrogen) atoms. The standard InChI is InChI=1S/C7H10N2O2.C7H10O4/c1-5-3-6(9-8-5)4-7(10)11-2;1-5(8)3-6(9)4-7(10)11-2/h3H,4H2,1-2H3,(H,8,9);3-4H2,1-2H3. The van der Waals surface area contributed by atoms with Crippen molar-refractivity contribution in [2.75, 3.05) is 14.2 Å². The van der Waals surface area contributed by atoms with Crippen molar-refractivity contribution in [1.82, 2.24) is 10.2 Å². The number of aromatic amines is 1. The second kappa shape index (κ2) is 10.3. The van der Waals surface area contributed by atoms with Gasteiger partial charge >= 0.3 is 11.9 Å². The van der Waals surface area contributed by atoms with Gasteiger partial charge in [-0.25, -0.2) is 0 Å². The molecule has 0 spiro atoms. The van der Waals surface area contributed by atoms with E-state index in [9.17, 15) is 19.2 Å². The van der Waals surface area contributed by atoms with Crippen LogP contribution in [-0.4, -0.2) is 47.9 Å². The molecule has 0 aliphatic rings. The molecule has 0 aliphatic heterocycles. The fraction of sp³-hybridized carbons (Fsp3) is 0.500. The SMILES string of the molecule is COC(=O)CC(=O)CC(C)=O.COC(=O)Cc1cc(C)[nH]n1. The molecule has 0 bridgehead atoms. The number of Topliss-reactive ketones (excluding diaryl/α,β-unsaturated/α-hetero) is 2. The zero-order valence-corrected chi connectivity index (χ0v) is 13.1. The normalized spacial score (nSPS) is 9.27. The van der Waals surface area contributed by atoms with E-state index in [1.54, 1.807) is 0 Å². The van der Waals surface area contributed by atoms with E-state index in [1.165, 1.54) is 21.1 Å². The molecular formula is C14H20N2O6. The summed E-state index contributed by atoms with van der Waals surface area (Å²) in [5, 5.41) is 6.62. The highest BCUT2D eigenvalue weighted by Crippen LogP contribution is 1.98. The highest BCUT2D eigenvalue weighted by Gasteiger charge is 2.10. The molecule has 1 heterocycles. The van der Waals surface area contributed by atoms with Crippen molar-refractivity contribution in [1.29, 1.82) is 0 Å². The van der Waals surface area contributed by atoms with Gasteiger partial charge in [-0.1, -0.05) is 0 Å². The monoisotopic (exact) mass is 312 g/mol. The smallest absolute Gasteiger partial charge is 0.313 e. The van der Waals surface area contributed by atoms with Gasteiger partial charge in [0, 0.05) is 5.69 Å². The summed E-state index contributed by atoms with van der Waals surface area (Å²) in [6.07, 6.45) is -0.258. The predicted molar refractivity (Wildman–Crippen MR) is 76.0 cm³/mol. The first-order chi connectivity index (χ1) is 10.3. The largest absolute Gasteiger partial charge is 0.469 e. The van der Waals surface area contributed by atoms with E-state index in [0.717, 1.165) is 5.69 Å². The first-order valence-corrected chi connectivity index (χ1v) is 6.44. The number of H-pyrrole nitrogens is 1. The number of aryl methyl sites for hydroxylation is 1. The Balaban J connectivity index is 0.000000401. The molecule has 0 atom stereocenters. The molecule has 1 aromatic rings. The quantitative estimate of drug-likeness (QED) is 0.601. The Morgan fingerprint density at radius 1 is 1.09 bits per heavy atom. The number of rotatable bonds is 6. The van der Waals surface area contributed by atoms with E-state index >= 15 is 0 Å². The number of nitrogens with one attached hydrogen (secondary N) is 1. The van der Waals surface area contributed by atoms with Crippen LogP contribution in [0.1, 0.15) is 31.2 Å². The molecule has 1 N–H and O–H groups in total. The van der Waals surface area contributed by atoms with Gasteiger partial charge in [-0.05, 0) is 19.9 Å². The van der Waals surface area contributed by atoms with Gasteiger partial charge in [0.25, 0.3) is 0 Å². The maximum absolute atomic E-state index is 10.7. The minimum absolute atomic E-state index is 0.185. The molecular weight excluding hydrogens is 292 g/mol. The minimum Gasteiger partial charge on any atom is -0.469 e. The van der Waals surface area contributed by atoms with Crippen LogP contribution in [0.4, 0.5) is 0 Å². The van der Waals surface area contributed by atoms with Crippen LogP contribution in [0, 0.1) is 6.92 Å². The van der Waals surface area contributed by atoms with Crippen molar-refractivity contribution in [3.8, 4) is 0 Å². The number of ketones is 2. The number of aromatic nitrogens is 2. The second-order valence-corrected chi connectivity index (χ2v) is 4.47. The highest BCUT2D eigenvalue weighted by atomic mass is 16.5. The van der Waals surface area contributed by atoms with Crippen molar-refractivity contribution < 1.29 is 28.7 Å². The third-order valence-electron chi connectivity index (χ3n) is 2.33. The lowest BCUT2D eigenvalue weighted by Crippen LogP contribution is -2.11. The Bertz CT molecular complexity index is 535. The second-order valence-electron chi connectivity index (χ2n) is 4.47. The zero-order valence-electron chi connectivity index (χ0n) is 13.1. The van der Waals surface area contributed by atoms with E-state index in [2.05, 4.69) is 19.7 Å². The Morgan fingerprint density at radius 2 is 1.68 bits per heavy atom. The first-order valence-electron chi connectivity index (χ1n) is 6.44. The molecule has 0 saturated heterocycles. The summed E-state index contributed by atoms with van der Waals surface area (Å²) in [5.74, 6) is -1.50. The Hall–Kier alpha value is -2.51. The van der Waals surface area contributed by atoms with E-state index < -0.39 is 11.8 Å². The summed E-state index contributed by atoms with van der Waals surface area (Å²) in [5.41, 5.74) is 1.67. The van der Waals surface area contributed by atoms with Gasteiger partial charge in [0.2, 0.25) is 0 Å². The van der Waals surface area contributed by atoms with Gasteiger partial charge in [0.05, 0.1) is 32.8 Å². The molecule has 0 aliphatic carbocycles. The molecule has 0 aromatic carbocycles. The number of carbonyl (C=O) groups excluding carboxylic acids is 4. The summed E-state index contributed by atoms with van der Waals surface area (Å²) in [6, 6.07) is 1.82. The lowest BCUT2D eigenvalue weighted by molar-refractivity contribution is -0.143. The van der Waals surface area contributed by atoms with Crippen molar-refractivity contribution in [2.45, 2.75) is 33.1 Å². The number of nitrogens with zero attached hydrogens (tertiary/aromatic N) is 1. The van der Waals surface area contributed by atoms with Crippen LogP contribution in [0.15, 0.2) is 6.07 Å². The molecule has 8 nitrogen and oxygen atoms in total. The minimum atomic E-state index is -0.601. The van der Waals surface area contributed by atoms with Gasteiger partial charge < -0.3 is 9.47 Å². The van der Waals surface area contributed by atoms with Crippen LogP contribution >= 0.6 is 0 Å². The number of hydrogen-bond donors (Lipinski definition) is 1. The number of carbonyl (C=O) groups is 4. The number of hydrogen-bond acceptors (Lipinski definition) is 7. The van der Waals surface area contributed by atoms with Crippen LogP contribution in [-0.2, 0) is 35.1 Å². The van der Waals surface area contributed by atoms with Crippen LogP contribution in [0.2, 0.25) is 0 Å². The summed E-state index contributed by atoms with van der Waals surface area (Å²) in [6.45, 7) is 3.18. The third-order valence-corrected chi connectivity index (χ3v) is 2.33. The van der Waals surface area contributed by atoms with Crippen molar-refractivity contribution >= 4 is 23.5 Å². The van der Waals surface area contributed by atoms with Crippen molar-refractivity contribution in [3.63, 3.8) is 0 Å². The van der Waals surface area contributed by atoms with Gasteiger partial charge in [-0.2, -0.15) is 5.10 Å². The van der Waals surface area contributed by atoms with Gasteiger partial charge in [0.15, 0.2) is 5.78 Å². The topological polar surface area (TPSA) is 115 Å². The molecule has 0 saturated carbocycles. The summed E-state index contributed by atoms with van der Waals surface area (Å²) >= 11 is 0. The number of esters is 2. The van der Waals surface area contributed by atoms with Gasteiger partial charge in [-0.3, -0.25) is 24.3 Å². The molecule has 8 heteroatoms. The maximum Gasteiger partial charge on any atom is 0.313 e. The average Bonchev–Trinajstić information content (AvgIpc) is 2.83. The molecule has 0 unspecified atom stereocenters. The Kier molecular flexibility index (Phi) is 9.08. The summed E-state index contributed by atoms with van der Waals surface area (Å²) in [7, 11) is 2.56. The molecule has 1 aromatic heterocycles. The lowest BCUT2D eigenvalue weighted by Gasteiger charge is -1.95. The number of methoxy groups -OCH3 is 2.